The molecule has 7 heteroatoms. The second-order valence-electron chi connectivity index (χ2n) is 5.86. The minimum atomic E-state index is -0.278. The number of hydrogen-bond acceptors (Lipinski definition) is 3. The van der Waals surface area contributed by atoms with Gasteiger partial charge in [-0.05, 0) is 29.7 Å². The highest BCUT2D eigenvalue weighted by Gasteiger charge is 2.25. The summed E-state index contributed by atoms with van der Waals surface area (Å²) < 4.78 is 20.5. The molecule has 24 heavy (non-hydrogen) atoms. The van der Waals surface area contributed by atoms with E-state index >= 15 is 0 Å². The molecule has 1 aliphatic heterocycles. The monoisotopic (exact) mass is 332 g/mol. The van der Waals surface area contributed by atoms with E-state index < -0.39 is 0 Å². The van der Waals surface area contributed by atoms with Crippen molar-refractivity contribution in [1.82, 2.24) is 20.0 Å². The Bertz CT molecular complexity index is 686. The van der Waals surface area contributed by atoms with E-state index in [4.69, 9.17) is 4.74 Å². The van der Waals surface area contributed by atoms with E-state index in [1.54, 1.807) is 27.9 Å². The molecule has 2 aromatic rings. The van der Waals surface area contributed by atoms with Crippen molar-refractivity contribution < 1.29 is 13.9 Å². The summed E-state index contributed by atoms with van der Waals surface area (Å²) in [4.78, 5) is 14.0. The van der Waals surface area contributed by atoms with Gasteiger partial charge in [0.05, 0.1) is 19.3 Å². The second kappa shape index (κ2) is 7.44. The number of carbonyl (C=O) groups excluding carboxylic acids is 1. The molecule has 1 fully saturated rings. The SMILES string of the molecule is Cn1cc(CCNC(=O)N2CCO[C@@H](c3ccc(F)cc3)C2)cn1. The van der Waals surface area contributed by atoms with Gasteiger partial charge in [-0.15, -0.1) is 0 Å². The fraction of sp³-hybridized carbons (Fsp3) is 0.412. The third kappa shape index (κ3) is 4.11. The van der Waals surface area contributed by atoms with Crippen LogP contribution in [-0.4, -0.2) is 47.0 Å². The number of benzene rings is 1. The summed E-state index contributed by atoms with van der Waals surface area (Å²) in [5.41, 5.74) is 1.97. The normalized spacial score (nSPS) is 17.8. The van der Waals surface area contributed by atoms with Crippen molar-refractivity contribution in [2.45, 2.75) is 12.5 Å². The van der Waals surface area contributed by atoms with E-state index in [1.807, 2.05) is 13.2 Å². The number of ether oxygens (including phenoxy) is 1. The highest BCUT2D eigenvalue weighted by atomic mass is 19.1. The van der Waals surface area contributed by atoms with Crippen LogP contribution in [0, 0.1) is 5.82 Å². The zero-order valence-corrected chi connectivity index (χ0v) is 13.6. The van der Waals surface area contributed by atoms with Crippen LogP contribution in [0.5, 0.6) is 0 Å². The first-order valence-corrected chi connectivity index (χ1v) is 7.99. The molecule has 6 nitrogen and oxygen atoms in total. The molecule has 1 aromatic carbocycles. The quantitative estimate of drug-likeness (QED) is 0.930. The standard InChI is InChI=1S/C17H21FN4O2/c1-21-11-13(10-20-21)6-7-19-17(23)22-8-9-24-16(12-22)14-2-4-15(18)5-3-14/h2-5,10-11,16H,6-9,12H2,1H3,(H,19,23)/t16-/m1/s1. The molecular weight excluding hydrogens is 311 g/mol. The summed E-state index contributed by atoms with van der Waals surface area (Å²) in [6.45, 7) is 2.04. The maximum Gasteiger partial charge on any atom is 0.317 e. The predicted octanol–water partition coefficient (Wildman–Crippen LogP) is 1.88. The molecule has 0 aliphatic carbocycles. The van der Waals surface area contributed by atoms with Gasteiger partial charge in [-0.1, -0.05) is 12.1 Å². The lowest BCUT2D eigenvalue weighted by atomic mass is 10.1. The van der Waals surface area contributed by atoms with Gasteiger partial charge in [-0.3, -0.25) is 4.68 Å². The van der Waals surface area contributed by atoms with E-state index in [9.17, 15) is 9.18 Å². The summed E-state index contributed by atoms with van der Waals surface area (Å²) in [5.74, 6) is -0.278. The van der Waals surface area contributed by atoms with Crippen molar-refractivity contribution in [3.8, 4) is 0 Å². The Balaban J connectivity index is 1.50. The van der Waals surface area contributed by atoms with Crippen molar-refractivity contribution in [3.63, 3.8) is 0 Å². The van der Waals surface area contributed by atoms with Crippen molar-refractivity contribution in [1.29, 1.82) is 0 Å². The Morgan fingerprint density at radius 3 is 2.92 bits per heavy atom. The molecule has 1 saturated heterocycles. The van der Waals surface area contributed by atoms with Gasteiger partial charge >= 0.3 is 6.03 Å². The number of urea groups is 1. The van der Waals surface area contributed by atoms with Crippen LogP contribution in [0.4, 0.5) is 9.18 Å². The Morgan fingerprint density at radius 1 is 1.42 bits per heavy atom. The summed E-state index contributed by atoms with van der Waals surface area (Å²) in [6.07, 6.45) is 4.26. The van der Waals surface area contributed by atoms with Crippen LogP contribution in [0.2, 0.25) is 0 Å². The molecule has 0 saturated carbocycles. The number of aromatic nitrogens is 2. The maximum atomic E-state index is 13.0. The zero-order valence-electron chi connectivity index (χ0n) is 13.6. The zero-order chi connectivity index (χ0) is 16.9. The molecule has 0 bridgehead atoms. The molecule has 128 valence electrons. The average molecular weight is 332 g/mol. The number of morpholine rings is 1. The number of amides is 2. The lowest BCUT2D eigenvalue weighted by Crippen LogP contribution is -2.47. The van der Waals surface area contributed by atoms with Gasteiger partial charge in [0.15, 0.2) is 0 Å². The molecule has 1 atom stereocenters. The Kier molecular flexibility index (Phi) is 5.10. The number of carbonyl (C=O) groups is 1. The van der Waals surface area contributed by atoms with Crippen LogP contribution >= 0.6 is 0 Å². The molecule has 3 rings (SSSR count). The van der Waals surface area contributed by atoms with Crippen molar-refractivity contribution >= 4 is 6.03 Å². The largest absolute Gasteiger partial charge is 0.370 e. The van der Waals surface area contributed by atoms with Gasteiger partial charge in [-0.25, -0.2) is 9.18 Å². The third-order valence-corrected chi connectivity index (χ3v) is 4.04. The van der Waals surface area contributed by atoms with Crippen LogP contribution in [0.1, 0.15) is 17.2 Å². The van der Waals surface area contributed by atoms with Crippen LogP contribution in [0.3, 0.4) is 0 Å². The van der Waals surface area contributed by atoms with Crippen molar-refractivity contribution in [2.75, 3.05) is 26.2 Å². The Hall–Kier alpha value is -2.41. The summed E-state index contributed by atoms with van der Waals surface area (Å²) in [7, 11) is 1.87. The second-order valence-corrected chi connectivity index (χ2v) is 5.86. The fourth-order valence-corrected chi connectivity index (χ4v) is 2.74. The highest BCUT2D eigenvalue weighted by Crippen LogP contribution is 2.22. The molecule has 1 N–H and O–H groups in total. The van der Waals surface area contributed by atoms with Crippen LogP contribution in [0.25, 0.3) is 0 Å². The van der Waals surface area contributed by atoms with Gasteiger partial charge in [0, 0.05) is 26.3 Å². The Labute approximate surface area is 140 Å². The topological polar surface area (TPSA) is 59.4 Å². The lowest BCUT2D eigenvalue weighted by Gasteiger charge is -2.33. The molecule has 2 heterocycles. The number of hydrogen-bond donors (Lipinski definition) is 1. The molecule has 1 aromatic heterocycles. The number of aryl methyl sites for hydroxylation is 1. The minimum Gasteiger partial charge on any atom is -0.370 e. The molecule has 0 radical (unpaired) electrons. The number of nitrogens with one attached hydrogen (secondary N) is 1. The smallest absolute Gasteiger partial charge is 0.317 e. The number of halogens is 1. The molecule has 0 unspecified atom stereocenters. The van der Waals surface area contributed by atoms with E-state index in [0.717, 1.165) is 17.5 Å². The first kappa shape index (κ1) is 16.4. The first-order valence-electron chi connectivity index (χ1n) is 7.99. The van der Waals surface area contributed by atoms with Crippen molar-refractivity contribution in [3.05, 3.63) is 53.6 Å². The highest BCUT2D eigenvalue weighted by molar-refractivity contribution is 5.74. The van der Waals surface area contributed by atoms with Crippen molar-refractivity contribution in [2.24, 2.45) is 7.05 Å². The molecule has 2 amide bonds. The number of nitrogens with zero attached hydrogens (tertiary/aromatic N) is 3. The fourth-order valence-electron chi connectivity index (χ4n) is 2.74. The van der Waals surface area contributed by atoms with E-state index in [1.165, 1.54) is 12.1 Å². The number of rotatable bonds is 4. The molecule has 1 aliphatic rings. The van der Waals surface area contributed by atoms with Gasteiger partial charge in [0.2, 0.25) is 0 Å². The predicted molar refractivity (Wildman–Crippen MR) is 87.0 cm³/mol. The molecule has 0 spiro atoms. The van der Waals surface area contributed by atoms with Gasteiger partial charge in [0.1, 0.15) is 11.9 Å². The van der Waals surface area contributed by atoms with E-state index in [2.05, 4.69) is 10.4 Å². The van der Waals surface area contributed by atoms with Gasteiger partial charge in [-0.2, -0.15) is 5.10 Å². The van der Waals surface area contributed by atoms with Crippen LogP contribution in [0.15, 0.2) is 36.7 Å². The Morgan fingerprint density at radius 2 is 2.21 bits per heavy atom. The van der Waals surface area contributed by atoms with Crippen LogP contribution < -0.4 is 5.32 Å². The first-order chi connectivity index (χ1) is 11.6. The third-order valence-electron chi connectivity index (χ3n) is 4.04. The van der Waals surface area contributed by atoms with E-state index in [-0.39, 0.29) is 18.0 Å². The van der Waals surface area contributed by atoms with Gasteiger partial charge < -0.3 is 15.0 Å². The van der Waals surface area contributed by atoms with E-state index in [0.29, 0.717) is 26.2 Å². The summed E-state index contributed by atoms with van der Waals surface area (Å²) in [5, 5.41) is 7.03. The maximum absolute atomic E-state index is 13.0. The summed E-state index contributed by atoms with van der Waals surface area (Å²) >= 11 is 0. The molecular formula is C17H21FN4O2. The minimum absolute atomic E-state index is 0.102. The lowest BCUT2D eigenvalue weighted by molar-refractivity contribution is -0.0154. The summed E-state index contributed by atoms with van der Waals surface area (Å²) in [6, 6.07) is 6.11. The van der Waals surface area contributed by atoms with Gasteiger partial charge in [0.25, 0.3) is 0 Å². The average Bonchev–Trinajstić information content (AvgIpc) is 3.01. The van der Waals surface area contributed by atoms with Crippen LogP contribution in [-0.2, 0) is 18.2 Å².